The van der Waals surface area contributed by atoms with Gasteiger partial charge in [0.2, 0.25) is 0 Å². The third-order valence-corrected chi connectivity index (χ3v) is 2.84. The van der Waals surface area contributed by atoms with Crippen LogP contribution in [0.5, 0.6) is 0 Å². The number of aromatic nitrogens is 2. The lowest BCUT2D eigenvalue weighted by Crippen LogP contribution is -2.04. The summed E-state index contributed by atoms with van der Waals surface area (Å²) in [6, 6.07) is 10.5. The second-order valence-corrected chi connectivity index (χ2v) is 4.15. The standard InChI is InChI=1S/C14H19N3.ClH/c1-3-17-11-14(12(2)16-17)15-10-9-13-7-5-4-6-8-13;/h4-8,11,15H,3,9-10H2,1-2H3;1H. The fourth-order valence-corrected chi connectivity index (χ4v) is 1.84. The van der Waals surface area contributed by atoms with Crippen molar-refractivity contribution in [3.05, 3.63) is 47.8 Å². The average Bonchev–Trinajstić information content (AvgIpc) is 2.72. The Morgan fingerprint density at radius 3 is 2.56 bits per heavy atom. The van der Waals surface area contributed by atoms with E-state index in [1.54, 1.807) is 0 Å². The summed E-state index contributed by atoms with van der Waals surface area (Å²) in [5.74, 6) is 0. The van der Waals surface area contributed by atoms with Crippen LogP contribution in [-0.2, 0) is 13.0 Å². The van der Waals surface area contributed by atoms with Crippen LogP contribution < -0.4 is 5.32 Å². The molecule has 0 bridgehead atoms. The van der Waals surface area contributed by atoms with Crippen molar-refractivity contribution < 1.29 is 0 Å². The Morgan fingerprint density at radius 1 is 1.22 bits per heavy atom. The highest BCUT2D eigenvalue weighted by molar-refractivity contribution is 5.85. The van der Waals surface area contributed by atoms with Gasteiger partial charge in [-0.3, -0.25) is 4.68 Å². The van der Waals surface area contributed by atoms with Crippen molar-refractivity contribution in [2.24, 2.45) is 0 Å². The Hall–Kier alpha value is -1.48. The number of benzene rings is 1. The Kier molecular flexibility index (Phi) is 5.72. The van der Waals surface area contributed by atoms with Crippen molar-refractivity contribution in [1.29, 1.82) is 0 Å². The fourth-order valence-electron chi connectivity index (χ4n) is 1.84. The predicted molar refractivity (Wildman–Crippen MR) is 78.5 cm³/mol. The number of anilines is 1. The minimum Gasteiger partial charge on any atom is -0.382 e. The smallest absolute Gasteiger partial charge is 0.0825 e. The van der Waals surface area contributed by atoms with Crippen molar-refractivity contribution in [3.8, 4) is 0 Å². The third-order valence-electron chi connectivity index (χ3n) is 2.84. The number of hydrogen-bond donors (Lipinski definition) is 1. The van der Waals surface area contributed by atoms with E-state index in [0.29, 0.717) is 0 Å². The second-order valence-electron chi connectivity index (χ2n) is 4.15. The lowest BCUT2D eigenvalue weighted by molar-refractivity contribution is 0.653. The molecule has 0 spiro atoms. The van der Waals surface area contributed by atoms with E-state index in [1.807, 2.05) is 17.7 Å². The lowest BCUT2D eigenvalue weighted by atomic mass is 10.1. The molecule has 2 aromatic rings. The zero-order valence-electron chi connectivity index (χ0n) is 10.9. The van der Waals surface area contributed by atoms with E-state index in [0.717, 1.165) is 30.9 Å². The van der Waals surface area contributed by atoms with E-state index in [9.17, 15) is 0 Å². The molecule has 0 unspecified atom stereocenters. The first-order valence-electron chi connectivity index (χ1n) is 6.11. The molecule has 0 aliphatic carbocycles. The molecule has 0 fully saturated rings. The lowest BCUT2D eigenvalue weighted by Gasteiger charge is -2.04. The number of hydrogen-bond acceptors (Lipinski definition) is 2. The normalized spacial score (nSPS) is 9.89. The number of nitrogens with one attached hydrogen (secondary N) is 1. The maximum absolute atomic E-state index is 4.41. The zero-order chi connectivity index (χ0) is 12.1. The third kappa shape index (κ3) is 3.77. The highest BCUT2D eigenvalue weighted by Crippen LogP contribution is 2.12. The maximum atomic E-state index is 4.41. The fraction of sp³-hybridized carbons (Fsp3) is 0.357. The maximum Gasteiger partial charge on any atom is 0.0825 e. The second kappa shape index (κ2) is 7.07. The van der Waals surface area contributed by atoms with Gasteiger partial charge in [0.1, 0.15) is 0 Å². The molecule has 2 rings (SSSR count). The van der Waals surface area contributed by atoms with Crippen LogP contribution in [0.3, 0.4) is 0 Å². The molecule has 0 aliphatic rings. The van der Waals surface area contributed by atoms with E-state index in [2.05, 4.69) is 47.8 Å². The number of halogens is 1. The number of aryl methyl sites for hydroxylation is 2. The number of rotatable bonds is 5. The highest BCUT2D eigenvalue weighted by Gasteiger charge is 2.02. The molecular weight excluding hydrogens is 246 g/mol. The summed E-state index contributed by atoms with van der Waals surface area (Å²) in [6.07, 6.45) is 3.11. The summed E-state index contributed by atoms with van der Waals surface area (Å²) in [5.41, 5.74) is 3.57. The Morgan fingerprint density at radius 2 is 1.94 bits per heavy atom. The molecule has 1 heterocycles. The summed E-state index contributed by atoms with van der Waals surface area (Å²) in [6.45, 7) is 6.00. The van der Waals surface area contributed by atoms with Gasteiger partial charge in [-0.05, 0) is 25.8 Å². The molecule has 0 aliphatic heterocycles. The molecule has 0 amide bonds. The Bertz CT molecular complexity index is 465. The van der Waals surface area contributed by atoms with Crippen LogP contribution in [0.2, 0.25) is 0 Å². The highest BCUT2D eigenvalue weighted by atomic mass is 35.5. The largest absolute Gasteiger partial charge is 0.382 e. The van der Waals surface area contributed by atoms with Gasteiger partial charge in [0, 0.05) is 19.3 Å². The van der Waals surface area contributed by atoms with Crippen LogP contribution in [0.4, 0.5) is 5.69 Å². The summed E-state index contributed by atoms with van der Waals surface area (Å²) < 4.78 is 1.96. The Balaban J connectivity index is 0.00000162. The quantitative estimate of drug-likeness (QED) is 0.899. The summed E-state index contributed by atoms with van der Waals surface area (Å²) >= 11 is 0. The van der Waals surface area contributed by atoms with Crippen molar-refractivity contribution in [2.75, 3.05) is 11.9 Å². The van der Waals surface area contributed by atoms with Crippen molar-refractivity contribution in [3.63, 3.8) is 0 Å². The Labute approximate surface area is 115 Å². The SMILES string of the molecule is CCn1cc(NCCc2ccccc2)c(C)n1.Cl. The molecular formula is C14H20ClN3. The van der Waals surface area contributed by atoms with E-state index >= 15 is 0 Å². The van der Waals surface area contributed by atoms with Crippen molar-refractivity contribution >= 4 is 18.1 Å². The minimum atomic E-state index is 0. The van der Waals surface area contributed by atoms with Crippen LogP contribution in [-0.4, -0.2) is 16.3 Å². The zero-order valence-corrected chi connectivity index (χ0v) is 11.7. The molecule has 1 aromatic carbocycles. The molecule has 18 heavy (non-hydrogen) atoms. The van der Waals surface area contributed by atoms with Crippen LogP contribution >= 0.6 is 12.4 Å². The van der Waals surface area contributed by atoms with Gasteiger partial charge in [-0.1, -0.05) is 30.3 Å². The number of nitrogens with zero attached hydrogens (tertiary/aromatic N) is 2. The molecule has 3 nitrogen and oxygen atoms in total. The first kappa shape index (κ1) is 14.6. The van der Waals surface area contributed by atoms with Gasteiger partial charge >= 0.3 is 0 Å². The van der Waals surface area contributed by atoms with E-state index in [4.69, 9.17) is 0 Å². The first-order valence-corrected chi connectivity index (χ1v) is 6.11. The molecule has 98 valence electrons. The van der Waals surface area contributed by atoms with Gasteiger partial charge in [0.15, 0.2) is 0 Å². The molecule has 0 radical (unpaired) electrons. The predicted octanol–water partition coefficient (Wildman–Crippen LogP) is 3.29. The van der Waals surface area contributed by atoms with Crippen LogP contribution in [0.25, 0.3) is 0 Å². The van der Waals surface area contributed by atoms with Gasteiger partial charge in [0.25, 0.3) is 0 Å². The monoisotopic (exact) mass is 265 g/mol. The summed E-state index contributed by atoms with van der Waals surface area (Å²) in [5, 5.41) is 7.84. The average molecular weight is 266 g/mol. The van der Waals surface area contributed by atoms with Gasteiger partial charge < -0.3 is 5.32 Å². The topological polar surface area (TPSA) is 29.9 Å². The van der Waals surface area contributed by atoms with E-state index < -0.39 is 0 Å². The van der Waals surface area contributed by atoms with Gasteiger partial charge in [-0.2, -0.15) is 5.10 Å². The van der Waals surface area contributed by atoms with Crippen molar-refractivity contribution in [2.45, 2.75) is 26.8 Å². The molecule has 1 N–H and O–H groups in total. The van der Waals surface area contributed by atoms with Gasteiger partial charge in [-0.15, -0.1) is 12.4 Å². The van der Waals surface area contributed by atoms with Gasteiger partial charge in [0.05, 0.1) is 11.4 Å². The molecule has 1 aromatic heterocycles. The van der Waals surface area contributed by atoms with Crippen molar-refractivity contribution in [1.82, 2.24) is 9.78 Å². The first-order chi connectivity index (χ1) is 8.29. The molecule has 0 saturated heterocycles. The van der Waals surface area contributed by atoms with Crippen LogP contribution in [0.15, 0.2) is 36.5 Å². The summed E-state index contributed by atoms with van der Waals surface area (Å²) in [7, 11) is 0. The van der Waals surface area contributed by atoms with E-state index in [1.165, 1.54) is 5.56 Å². The van der Waals surface area contributed by atoms with E-state index in [-0.39, 0.29) is 12.4 Å². The van der Waals surface area contributed by atoms with Gasteiger partial charge in [-0.25, -0.2) is 0 Å². The molecule has 0 saturated carbocycles. The molecule has 0 atom stereocenters. The minimum absolute atomic E-state index is 0. The summed E-state index contributed by atoms with van der Waals surface area (Å²) in [4.78, 5) is 0. The van der Waals surface area contributed by atoms with Crippen LogP contribution in [0, 0.1) is 6.92 Å². The van der Waals surface area contributed by atoms with Crippen LogP contribution in [0.1, 0.15) is 18.2 Å². The molecule has 4 heteroatoms.